The first-order chi connectivity index (χ1) is 8.78. The first-order valence-corrected chi connectivity index (χ1v) is 6.45. The van der Waals surface area contributed by atoms with Gasteiger partial charge in [-0.05, 0) is 5.41 Å². The van der Waals surface area contributed by atoms with E-state index >= 15 is 0 Å². The van der Waals surface area contributed by atoms with Gasteiger partial charge >= 0.3 is 0 Å². The highest BCUT2D eigenvalue weighted by molar-refractivity contribution is 8.02. The van der Waals surface area contributed by atoms with Crippen molar-refractivity contribution in [3.05, 3.63) is 23.7 Å². The SMILES string of the molecule is COc1cc(NN2C=CSC2)cc(OC)c1OC. The van der Waals surface area contributed by atoms with Crippen molar-refractivity contribution in [2.24, 2.45) is 0 Å². The van der Waals surface area contributed by atoms with Gasteiger partial charge in [0.1, 0.15) is 0 Å². The third-order valence-corrected chi connectivity index (χ3v) is 3.23. The minimum atomic E-state index is 0.594. The summed E-state index contributed by atoms with van der Waals surface area (Å²) in [5, 5.41) is 4.01. The number of hydrazine groups is 1. The van der Waals surface area contributed by atoms with Gasteiger partial charge in [0.15, 0.2) is 11.5 Å². The van der Waals surface area contributed by atoms with Gasteiger partial charge in [-0.3, -0.25) is 10.4 Å². The number of rotatable bonds is 5. The van der Waals surface area contributed by atoms with Gasteiger partial charge in [-0.15, -0.1) is 11.8 Å². The van der Waals surface area contributed by atoms with Crippen LogP contribution in [-0.2, 0) is 0 Å². The summed E-state index contributed by atoms with van der Waals surface area (Å²) in [7, 11) is 4.80. The number of anilines is 1. The molecule has 98 valence electrons. The number of thioether (sulfide) groups is 1. The largest absolute Gasteiger partial charge is 0.493 e. The molecule has 1 N–H and O–H groups in total. The Balaban J connectivity index is 2.27. The number of ether oxygens (including phenoxy) is 3. The van der Waals surface area contributed by atoms with Gasteiger partial charge in [0.05, 0.1) is 32.9 Å². The van der Waals surface area contributed by atoms with E-state index in [-0.39, 0.29) is 0 Å². The quantitative estimate of drug-likeness (QED) is 0.885. The van der Waals surface area contributed by atoms with Crippen molar-refractivity contribution in [3.63, 3.8) is 0 Å². The lowest BCUT2D eigenvalue weighted by Crippen LogP contribution is -2.20. The van der Waals surface area contributed by atoms with Gasteiger partial charge in [0, 0.05) is 18.3 Å². The Kier molecular flexibility index (Phi) is 4.09. The normalized spacial score (nSPS) is 13.6. The third kappa shape index (κ3) is 2.59. The van der Waals surface area contributed by atoms with Gasteiger partial charge < -0.3 is 14.2 Å². The van der Waals surface area contributed by atoms with Crippen molar-refractivity contribution >= 4 is 17.4 Å². The highest BCUT2D eigenvalue weighted by Gasteiger charge is 2.14. The minimum absolute atomic E-state index is 0.594. The Bertz CT molecular complexity index is 426. The number of hydrogen-bond acceptors (Lipinski definition) is 6. The van der Waals surface area contributed by atoms with Crippen LogP contribution in [0.1, 0.15) is 0 Å². The summed E-state index contributed by atoms with van der Waals surface area (Å²) in [4.78, 5) is 0. The molecule has 0 bridgehead atoms. The summed E-state index contributed by atoms with van der Waals surface area (Å²) in [6, 6.07) is 3.75. The Hall–Kier alpha value is -1.69. The molecule has 0 saturated heterocycles. The van der Waals surface area contributed by atoms with E-state index in [9.17, 15) is 0 Å². The molecule has 2 rings (SSSR count). The second-order valence-corrected chi connectivity index (χ2v) is 4.44. The Morgan fingerprint density at radius 3 is 2.22 bits per heavy atom. The zero-order valence-corrected chi connectivity index (χ0v) is 11.4. The van der Waals surface area contributed by atoms with Crippen LogP contribution >= 0.6 is 11.8 Å². The van der Waals surface area contributed by atoms with Crippen molar-refractivity contribution in [2.45, 2.75) is 0 Å². The van der Waals surface area contributed by atoms with Gasteiger partial charge in [-0.25, -0.2) is 0 Å². The molecule has 6 heteroatoms. The fourth-order valence-electron chi connectivity index (χ4n) is 1.66. The van der Waals surface area contributed by atoms with Gasteiger partial charge in [-0.2, -0.15) is 0 Å². The van der Waals surface area contributed by atoms with Crippen molar-refractivity contribution in [2.75, 3.05) is 32.6 Å². The molecule has 1 aliphatic heterocycles. The molecule has 0 saturated carbocycles. The minimum Gasteiger partial charge on any atom is -0.493 e. The van der Waals surface area contributed by atoms with E-state index in [1.165, 1.54) is 0 Å². The number of nitrogens with one attached hydrogen (secondary N) is 1. The zero-order chi connectivity index (χ0) is 13.0. The fourth-order valence-corrected chi connectivity index (χ4v) is 2.29. The summed E-state index contributed by atoms with van der Waals surface area (Å²) in [6.07, 6.45) is 1.98. The standard InChI is InChI=1S/C12H16N2O3S/c1-15-10-6-9(13-14-4-5-18-8-14)7-11(16-2)12(10)17-3/h4-7,13H,8H2,1-3H3. The first-order valence-electron chi connectivity index (χ1n) is 5.40. The van der Waals surface area contributed by atoms with E-state index in [1.54, 1.807) is 33.1 Å². The van der Waals surface area contributed by atoms with E-state index in [0.717, 1.165) is 11.6 Å². The lowest BCUT2D eigenvalue weighted by atomic mass is 10.2. The van der Waals surface area contributed by atoms with Crippen LogP contribution in [-0.4, -0.2) is 32.2 Å². The first kappa shape index (κ1) is 12.8. The number of benzene rings is 1. The van der Waals surface area contributed by atoms with Crippen molar-refractivity contribution in [1.82, 2.24) is 5.01 Å². The van der Waals surface area contributed by atoms with E-state index in [2.05, 4.69) is 5.43 Å². The summed E-state index contributed by atoms with van der Waals surface area (Å²) in [6.45, 7) is 0. The average Bonchev–Trinajstić information content (AvgIpc) is 2.90. The van der Waals surface area contributed by atoms with E-state index < -0.39 is 0 Å². The maximum Gasteiger partial charge on any atom is 0.203 e. The van der Waals surface area contributed by atoms with Crippen LogP contribution in [0.15, 0.2) is 23.7 Å². The van der Waals surface area contributed by atoms with Gasteiger partial charge in [-0.1, -0.05) is 0 Å². The smallest absolute Gasteiger partial charge is 0.203 e. The average molecular weight is 268 g/mol. The molecule has 1 aliphatic rings. The Labute approximate surface area is 111 Å². The van der Waals surface area contributed by atoms with Crippen LogP contribution in [0.4, 0.5) is 5.69 Å². The molecule has 0 atom stereocenters. The van der Waals surface area contributed by atoms with Gasteiger partial charge in [0.25, 0.3) is 0 Å². The third-order valence-electron chi connectivity index (χ3n) is 2.49. The maximum absolute atomic E-state index is 5.30. The highest BCUT2D eigenvalue weighted by atomic mass is 32.2. The highest BCUT2D eigenvalue weighted by Crippen LogP contribution is 2.40. The predicted molar refractivity (Wildman–Crippen MR) is 73.2 cm³/mol. The molecule has 1 aromatic rings. The zero-order valence-electron chi connectivity index (χ0n) is 10.6. The molecule has 0 aliphatic carbocycles. The summed E-state index contributed by atoms with van der Waals surface area (Å²) >= 11 is 1.72. The number of methoxy groups -OCH3 is 3. The molecule has 18 heavy (non-hydrogen) atoms. The molecule has 0 spiro atoms. The summed E-state index contributed by atoms with van der Waals surface area (Å²) < 4.78 is 15.9. The number of nitrogens with zero attached hydrogens (tertiary/aromatic N) is 1. The predicted octanol–water partition coefficient (Wildman–Crippen LogP) is 2.52. The topological polar surface area (TPSA) is 43.0 Å². The fraction of sp³-hybridized carbons (Fsp3) is 0.333. The van der Waals surface area contributed by atoms with Gasteiger partial charge in [0.2, 0.25) is 5.75 Å². The second-order valence-electron chi connectivity index (χ2n) is 3.58. The molecular weight excluding hydrogens is 252 g/mol. The van der Waals surface area contributed by atoms with Crippen LogP contribution in [0, 0.1) is 0 Å². The monoisotopic (exact) mass is 268 g/mol. The summed E-state index contributed by atoms with van der Waals surface area (Å²) in [5.74, 6) is 2.73. The molecule has 0 fully saturated rings. The molecule has 1 heterocycles. The molecule has 0 aromatic heterocycles. The molecule has 0 radical (unpaired) electrons. The molecule has 0 unspecified atom stereocenters. The lowest BCUT2D eigenvalue weighted by molar-refractivity contribution is 0.324. The van der Waals surface area contributed by atoms with Crippen LogP contribution < -0.4 is 19.6 Å². The molecular formula is C12H16N2O3S. The van der Waals surface area contributed by atoms with Crippen molar-refractivity contribution < 1.29 is 14.2 Å². The van der Waals surface area contributed by atoms with Crippen LogP contribution in [0.5, 0.6) is 17.2 Å². The molecule has 1 aromatic carbocycles. The van der Waals surface area contributed by atoms with E-state index in [1.807, 2.05) is 28.7 Å². The van der Waals surface area contributed by atoms with Crippen LogP contribution in [0.25, 0.3) is 0 Å². The van der Waals surface area contributed by atoms with E-state index in [4.69, 9.17) is 14.2 Å². The second kappa shape index (κ2) is 5.77. The van der Waals surface area contributed by atoms with Crippen LogP contribution in [0.3, 0.4) is 0 Å². The van der Waals surface area contributed by atoms with Crippen molar-refractivity contribution in [1.29, 1.82) is 0 Å². The van der Waals surface area contributed by atoms with E-state index in [0.29, 0.717) is 17.2 Å². The Morgan fingerprint density at radius 2 is 1.78 bits per heavy atom. The maximum atomic E-state index is 5.30. The number of hydrogen-bond donors (Lipinski definition) is 1. The van der Waals surface area contributed by atoms with Crippen molar-refractivity contribution in [3.8, 4) is 17.2 Å². The molecule has 0 amide bonds. The summed E-state index contributed by atoms with van der Waals surface area (Å²) in [5.41, 5.74) is 4.14. The molecule has 5 nitrogen and oxygen atoms in total. The Morgan fingerprint density at radius 1 is 1.11 bits per heavy atom. The van der Waals surface area contributed by atoms with Crippen LogP contribution in [0.2, 0.25) is 0 Å². The lowest BCUT2D eigenvalue weighted by Gasteiger charge is -2.20.